The fraction of sp³-hybridized carbons (Fsp3) is 0.500. The van der Waals surface area contributed by atoms with Gasteiger partial charge < -0.3 is 4.74 Å². The highest BCUT2D eigenvalue weighted by Gasteiger charge is 2.17. The van der Waals surface area contributed by atoms with Gasteiger partial charge in [-0.05, 0) is 33.8 Å². The molecule has 0 fully saturated rings. The number of halogens is 1. The number of hydrogen-bond acceptors (Lipinski definition) is 3. The van der Waals surface area contributed by atoms with E-state index in [0.29, 0.717) is 6.42 Å². The predicted octanol–water partition coefficient (Wildman–Crippen LogP) is 3.05. The van der Waals surface area contributed by atoms with Gasteiger partial charge in [0.2, 0.25) is 0 Å². The van der Waals surface area contributed by atoms with Gasteiger partial charge in [-0.15, -0.1) is 11.3 Å². The summed E-state index contributed by atoms with van der Waals surface area (Å²) in [5.41, 5.74) is 0. The molecular weight excluding hydrogens is 264 g/mol. The minimum atomic E-state index is -0.260. The van der Waals surface area contributed by atoms with E-state index in [-0.39, 0.29) is 11.9 Å². The van der Waals surface area contributed by atoms with E-state index in [0.717, 1.165) is 15.8 Å². The van der Waals surface area contributed by atoms with Gasteiger partial charge in [-0.25, -0.2) is 0 Å². The quantitative estimate of drug-likeness (QED) is 0.826. The number of rotatable bonds is 5. The molecule has 0 spiro atoms. The fourth-order valence-corrected chi connectivity index (χ4v) is 2.75. The number of ether oxygens (including phenoxy) is 1. The average Bonchev–Trinajstić information content (AvgIpc) is 2.54. The lowest BCUT2D eigenvalue weighted by Gasteiger charge is -2.10. The summed E-state index contributed by atoms with van der Waals surface area (Å²) < 4.78 is 6.11. The maximum absolute atomic E-state index is 11.7. The Balaban J connectivity index is 2.61. The van der Waals surface area contributed by atoms with Crippen molar-refractivity contribution in [2.75, 3.05) is 7.11 Å². The minimum Gasteiger partial charge on any atom is -0.374 e. The number of carbonyl (C=O) groups excluding carboxylic acids is 1. The Kier molecular flexibility index (Phi) is 4.78. The van der Waals surface area contributed by atoms with Crippen LogP contribution in [0.2, 0.25) is 0 Å². The molecule has 78 valence electrons. The molecule has 1 rings (SSSR count). The molecule has 0 saturated heterocycles. The van der Waals surface area contributed by atoms with Crippen LogP contribution in [0.3, 0.4) is 0 Å². The van der Waals surface area contributed by atoms with Crippen LogP contribution in [0.4, 0.5) is 0 Å². The maximum atomic E-state index is 11.7. The number of Topliss-reactive ketones (excluding diaryl/α,β-unsaturated/α-hetero) is 1. The Morgan fingerprint density at radius 1 is 1.71 bits per heavy atom. The van der Waals surface area contributed by atoms with Crippen LogP contribution < -0.4 is 0 Å². The van der Waals surface area contributed by atoms with Crippen LogP contribution in [-0.2, 0) is 16.0 Å². The van der Waals surface area contributed by atoms with Gasteiger partial charge in [0.15, 0.2) is 5.78 Å². The molecule has 0 aliphatic carbocycles. The van der Waals surface area contributed by atoms with Crippen LogP contribution in [0, 0.1) is 0 Å². The molecule has 0 saturated carbocycles. The van der Waals surface area contributed by atoms with Crippen molar-refractivity contribution >= 4 is 33.0 Å². The Labute approximate surface area is 96.4 Å². The SMILES string of the molecule is CCC(OC)C(=O)Cc1sccc1Br. The van der Waals surface area contributed by atoms with E-state index in [1.165, 1.54) is 0 Å². The zero-order valence-electron chi connectivity index (χ0n) is 8.25. The number of methoxy groups -OCH3 is 1. The number of carbonyl (C=O) groups is 1. The third-order valence-corrected chi connectivity index (χ3v) is 3.97. The van der Waals surface area contributed by atoms with Gasteiger partial charge in [0, 0.05) is 22.9 Å². The largest absolute Gasteiger partial charge is 0.374 e. The van der Waals surface area contributed by atoms with Crippen LogP contribution >= 0.6 is 27.3 Å². The lowest BCUT2D eigenvalue weighted by Crippen LogP contribution is -2.23. The van der Waals surface area contributed by atoms with Crippen LogP contribution in [0.15, 0.2) is 15.9 Å². The Bertz CT molecular complexity index is 305. The van der Waals surface area contributed by atoms with Crippen molar-refractivity contribution in [2.24, 2.45) is 0 Å². The first-order chi connectivity index (χ1) is 6.69. The third-order valence-electron chi connectivity index (χ3n) is 2.04. The highest BCUT2D eigenvalue weighted by Crippen LogP contribution is 2.23. The van der Waals surface area contributed by atoms with Crippen LogP contribution in [0.25, 0.3) is 0 Å². The summed E-state index contributed by atoms with van der Waals surface area (Å²) in [7, 11) is 1.58. The summed E-state index contributed by atoms with van der Waals surface area (Å²) in [6.07, 6.45) is 0.937. The highest BCUT2D eigenvalue weighted by atomic mass is 79.9. The number of thiophene rings is 1. The fourth-order valence-electron chi connectivity index (χ4n) is 1.25. The van der Waals surface area contributed by atoms with Gasteiger partial charge in [-0.3, -0.25) is 4.79 Å². The highest BCUT2D eigenvalue weighted by molar-refractivity contribution is 9.10. The molecule has 0 amide bonds. The van der Waals surface area contributed by atoms with Crippen LogP contribution in [0.5, 0.6) is 0 Å². The van der Waals surface area contributed by atoms with Crippen molar-refractivity contribution in [3.05, 3.63) is 20.8 Å². The molecule has 1 atom stereocenters. The summed E-state index contributed by atoms with van der Waals surface area (Å²) in [4.78, 5) is 12.8. The van der Waals surface area contributed by atoms with Crippen molar-refractivity contribution in [3.8, 4) is 0 Å². The smallest absolute Gasteiger partial charge is 0.166 e. The molecule has 1 aromatic heterocycles. The van der Waals surface area contributed by atoms with Crippen molar-refractivity contribution in [2.45, 2.75) is 25.9 Å². The molecule has 1 heterocycles. The van der Waals surface area contributed by atoms with Gasteiger partial charge in [0.25, 0.3) is 0 Å². The summed E-state index contributed by atoms with van der Waals surface area (Å²) >= 11 is 5.00. The molecule has 0 bridgehead atoms. The molecule has 1 aromatic rings. The molecule has 0 radical (unpaired) electrons. The van der Waals surface area contributed by atoms with E-state index in [4.69, 9.17) is 4.74 Å². The topological polar surface area (TPSA) is 26.3 Å². The van der Waals surface area contributed by atoms with Gasteiger partial charge in [0.05, 0.1) is 0 Å². The lowest BCUT2D eigenvalue weighted by molar-refractivity contribution is -0.128. The second-order valence-corrected chi connectivity index (χ2v) is 4.82. The first-order valence-electron chi connectivity index (χ1n) is 4.46. The molecule has 0 aliphatic heterocycles. The molecule has 0 N–H and O–H groups in total. The number of ketones is 1. The second kappa shape index (κ2) is 5.63. The standard InChI is InChI=1S/C10H13BrO2S/c1-3-9(13-2)8(12)6-10-7(11)4-5-14-10/h4-5,9H,3,6H2,1-2H3. The normalized spacial score (nSPS) is 12.8. The summed E-state index contributed by atoms with van der Waals surface area (Å²) in [6, 6.07) is 1.96. The Morgan fingerprint density at radius 3 is 2.86 bits per heavy atom. The van der Waals surface area contributed by atoms with Gasteiger partial charge in [-0.2, -0.15) is 0 Å². The van der Waals surface area contributed by atoms with Gasteiger partial charge >= 0.3 is 0 Å². The van der Waals surface area contributed by atoms with E-state index in [2.05, 4.69) is 15.9 Å². The predicted molar refractivity (Wildman–Crippen MR) is 61.8 cm³/mol. The number of hydrogen-bond donors (Lipinski definition) is 0. The van der Waals surface area contributed by atoms with E-state index >= 15 is 0 Å². The molecular formula is C10H13BrO2S. The molecule has 14 heavy (non-hydrogen) atoms. The van der Waals surface area contributed by atoms with Crippen LogP contribution in [-0.4, -0.2) is 19.0 Å². The lowest BCUT2D eigenvalue weighted by atomic mass is 10.1. The van der Waals surface area contributed by atoms with E-state index in [9.17, 15) is 4.79 Å². The van der Waals surface area contributed by atoms with Gasteiger partial charge in [-0.1, -0.05) is 6.92 Å². The molecule has 0 aromatic carbocycles. The molecule has 4 heteroatoms. The molecule has 0 aliphatic rings. The molecule has 2 nitrogen and oxygen atoms in total. The zero-order chi connectivity index (χ0) is 10.6. The Morgan fingerprint density at radius 2 is 2.43 bits per heavy atom. The summed E-state index contributed by atoms with van der Waals surface area (Å²) in [5, 5.41) is 1.97. The maximum Gasteiger partial charge on any atom is 0.166 e. The van der Waals surface area contributed by atoms with Crippen LogP contribution in [0.1, 0.15) is 18.2 Å². The average molecular weight is 277 g/mol. The minimum absolute atomic E-state index is 0.151. The first-order valence-corrected chi connectivity index (χ1v) is 6.13. The monoisotopic (exact) mass is 276 g/mol. The zero-order valence-corrected chi connectivity index (χ0v) is 10.7. The van der Waals surface area contributed by atoms with E-state index in [1.807, 2.05) is 18.4 Å². The Hall–Kier alpha value is -0.190. The molecule has 1 unspecified atom stereocenters. The van der Waals surface area contributed by atoms with Crippen molar-refractivity contribution in [3.63, 3.8) is 0 Å². The van der Waals surface area contributed by atoms with E-state index in [1.54, 1.807) is 18.4 Å². The third kappa shape index (κ3) is 2.90. The first kappa shape index (κ1) is 11.9. The van der Waals surface area contributed by atoms with Gasteiger partial charge in [0.1, 0.15) is 6.10 Å². The van der Waals surface area contributed by atoms with Crippen molar-refractivity contribution in [1.29, 1.82) is 0 Å². The summed E-state index contributed by atoms with van der Waals surface area (Å²) in [6.45, 7) is 1.95. The van der Waals surface area contributed by atoms with E-state index < -0.39 is 0 Å². The van der Waals surface area contributed by atoms with Crippen molar-refractivity contribution in [1.82, 2.24) is 0 Å². The second-order valence-electron chi connectivity index (χ2n) is 2.97. The van der Waals surface area contributed by atoms with Crippen molar-refractivity contribution < 1.29 is 9.53 Å². The summed E-state index contributed by atoms with van der Waals surface area (Å²) in [5.74, 6) is 0.151.